The Balaban J connectivity index is 1.34. The molecule has 0 spiro atoms. The molecule has 1 aliphatic heterocycles. The lowest BCUT2D eigenvalue weighted by Crippen LogP contribution is -2.37. The molecular formula is C26H30N2O3. The van der Waals surface area contributed by atoms with E-state index in [0.717, 1.165) is 41.5 Å². The molecule has 1 N–H and O–H groups in total. The minimum Gasteiger partial charge on any atom is -0.496 e. The third kappa shape index (κ3) is 5.36. The summed E-state index contributed by atoms with van der Waals surface area (Å²) >= 11 is 0. The van der Waals surface area contributed by atoms with Crippen LogP contribution >= 0.6 is 0 Å². The second-order valence-corrected chi connectivity index (χ2v) is 7.94. The smallest absolute Gasteiger partial charge is 0.220 e. The highest BCUT2D eigenvalue weighted by molar-refractivity contribution is 5.76. The van der Waals surface area contributed by atoms with Crippen LogP contribution in [0, 0.1) is 0 Å². The Hall–Kier alpha value is -3.05. The molecule has 31 heavy (non-hydrogen) atoms. The van der Waals surface area contributed by atoms with E-state index in [0.29, 0.717) is 19.4 Å². The van der Waals surface area contributed by atoms with Gasteiger partial charge in [0.15, 0.2) is 0 Å². The van der Waals surface area contributed by atoms with Crippen molar-refractivity contribution in [1.29, 1.82) is 0 Å². The van der Waals surface area contributed by atoms with Crippen LogP contribution in [0.3, 0.4) is 0 Å². The number of para-hydroxylation sites is 1. The summed E-state index contributed by atoms with van der Waals surface area (Å²) in [5, 5.41) is 3.14. The van der Waals surface area contributed by atoms with Gasteiger partial charge in [-0.25, -0.2) is 0 Å². The van der Waals surface area contributed by atoms with Gasteiger partial charge in [0, 0.05) is 30.5 Å². The van der Waals surface area contributed by atoms with E-state index < -0.39 is 0 Å². The van der Waals surface area contributed by atoms with Gasteiger partial charge in [-0.15, -0.1) is 0 Å². The molecule has 1 atom stereocenters. The topological polar surface area (TPSA) is 54.7 Å². The summed E-state index contributed by atoms with van der Waals surface area (Å²) in [6.07, 6.45) is 3.38. The fourth-order valence-corrected chi connectivity index (χ4v) is 4.24. The minimum atomic E-state index is 0.0387. The Bertz CT molecular complexity index is 977. The van der Waals surface area contributed by atoms with Crippen LogP contribution in [0.15, 0.2) is 71.1 Å². The van der Waals surface area contributed by atoms with Crippen molar-refractivity contribution < 1.29 is 13.9 Å². The lowest BCUT2D eigenvalue weighted by atomic mass is 10.0. The lowest BCUT2D eigenvalue weighted by molar-refractivity contribution is -0.121. The maximum atomic E-state index is 12.6. The highest BCUT2D eigenvalue weighted by Gasteiger charge is 2.26. The van der Waals surface area contributed by atoms with E-state index in [2.05, 4.69) is 16.3 Å². The second kappa shape index (κ2) is 10.3. The van der Waals surface area contributed by atoms with Gasteiger partial charge in [0.25, 0.3) is 0 Å². The number of hydrogen-bond donors (Lipinski definition) is 1. The van der Waals surface area contributed by atoms with E-state index >= 15 is 0 Å². The standard InChI is InChI=1S/C26H30N2O3/c1-30-25-12-6-5-11-22(25)23(28-17-7-8-18-28)19-27-26(29)16-14-21-13-15-24(31-21)20-9-3-2-4-10-20/h2-6,9-13,15,23H,7-8,14,16-19H2,1H3,(H,27,29)/t23-/m1/s1. The molecule has 1 amide bonds. The molecule has 0 aliphatic carbocycles. The fraction of sp³-hybridized carbons (Fsp3) is 0.346. The summed E-state index contributed by atoms with van der Waals surface area (Å²) in [5.74, 6) is 2.57. The summed E-state index contributed by atoms with van der Waals surface area (Å²) in [6, 6.07) is 22.1. The van der Waals surface area contributed by atoms with E-state index in [-0.39, 0.29) is 11.9 Å². The molecule has 1 aromatic heterocycles. The average molecular weight is 419 g/mol. The number of carbonyl (C=O) groups excluding carboxylic acids is 1. The van der Waals surface area contributed by atoms with Gasteiger partial charge in [-0.1, -0.05) is 48.5 Å². The molecule has 0 unspecified atom stereocenters. The Morgan fingerprint density at radius 2 is 1.77 bits per heavy atom. The number of furan rings is 1. The Kier molecular flexibility index (Phi) is 7.05. The predicted octanol–water partition coefficient (Wildman–Crippen LogP) is 4.84. The van der Waals surface area contributed by atoms with Crippen LogP contribution in [0.2, 0.25) is 0 Å². The van der Waals surface area contributed by atoms with Crippen LogP contribution in [-0.4, -0.2) is 37.6 Å². The predicted molar refractivity (Wildman–Crippen MR) is 122 cm³/mol. The van der Waals surface area contributed by atoms with E-state index in [4.69, 9.17) is 9.15 Å². The van der Waals surface area contributed by atoms with Crippen molar-refractivity contribution in [2.75, 3.05) is 26.7 Å². The number of ether oxygens (including phenoxy) is 1. The molecule has 0 radical (unpaired) electrons. The quantitative estimate of drug-likeness (QED) is 0.540. The van der Waals surface area contributed by atoms with E-state index in [1.165, 1.54) is 12.8 Å². The maximum absolute atomic E-state index is 12.6. The molecule has 0 saturated carbocycles. The van der Waals surface area contributed by atoms with Crippen molar-refractivity contribution in [2.45, 2.75) is 31.7 Å². The van der Waals surface area contributed by atoms with E-state index in [9.17, 15) is 4.79 Å². The molecule has 1 fully saturated rings. The molecule has 162 valence electrons. The summed E-state index contributed by atoms with van der Waals surface area (Å²) in [5.41, 5.74) is 2.18. The highest BCUT2D eigenvalue weighted by atomic mass is 16.5. The Labute approximate surface area is 184 Å². The normalized spacial score (nSPS) is 15.0. The summed E-state index contributed by atoms with van der Waals surface area (Å²) < 4.78 is 11.5. The van der Waals surface area contributed by atoms with Gasteiger partial charge < -0.3 is 14.5 Å². The molecule has 0 bridgehead atoms. The van der Waals surface area contributed by atoms with Crippen molar-refractivity contribution >= 4 is 5.91 Å². The summed E-state index contributed by atoms with van der Waals surface area (Å²) in [6.45, 7) is 2.67. The molecule has 2 aromatic carbocycles. The van der Waals surface area contributed by atoms with Gasteiger partial charge in [0.1, 0.15) is 17.3 Å². The number of methoxy groups -OCH3 is 1. The first-order chi connectivity index (χ1) is 15.2. The monoisotopic (exact) mass is 418 g/mol. The van der Waals surface area contributed by atoms with Crippen LogP contribution < -0.4 is 10.1 Å². The fourth-order valence-electron chi connectivity index (χ4n) is 4.24. The van der Waals surface area contributed by atoms with Crippen molar-refractivity contribution in [3.8, 4) is 17.1 Å². The number of rotatable bonds is 9. The third-order valence-corrected chi connectivity index (χ3v) is 5.89. The number of benzene rings is 2. The van der Waals surface area contributed by atoms with Crippen LogP contribution in [0.25, 0.3) is 11.3 Å². The number of nitrogens with zero attached hydrogens (tertiary/aromatic N) is 1. The molecular weight excluding hydrogens is 388 g/mol. The summed E-state index contributed by atoms with van der Waals surface area (Å²) in [4.78, 5) is 15.0. The van der Waals surface area contributed by atoms with Crippen LogP contribution in [-0.2, 0) is 11.2 Å². The number of likely N-dealkylation sites (tertiary alicyclic amines) is 1. The molecule has 1 saturated heterocycles. The number of amides is 1. The van der Waals surface area contributed by atoms with Crippen molar-refractivity contribution in [1.82, 2.24) is 10.2 Å². The SMILES string of the molecule is COc1ccccc1[C@@H](CNC(=O)CCc1ccc(-c2ccccc2)o1)N1CCCC1. The van der Waals surface area contributed by atoms with Gasteiger partial charge in [0.05, 0.1) is 13.2 Å². The van der Waals surface area contributed by atoms with Crippen molar-refractivity contribution in [3.05, 3.63) is 78.1 Å². The van der Waals surface area contributed by atoms with Gasteiger partial charge >= 0.3 is 0 Å². The van der Waals surface area contributed by atoms with E-state index in [1.807, 2.05) is 60.7 Å². The largest absolute Gasteiger partial charge is 0.496 e. The number of carbonyl (C=O) groups is 1. The number of nitrogens with one attached hydrogen (secondary N) is 1. The first-order valence-electron chi connectivity index (χ1n) is 11.0. The first-order valence-corrected chi connectivity index (χ1v) is 11.0. The molecule has 3 aromatic rings. The lowest BCUT2D eigenvalue weighted by Gasteiger charge is -2.29. The van der Waals surface area contributed by atoms with Gasteiger partial charge in [-0.3, -0.25) is 9.69 Å². The zero-order chi connectivity index (χ0) is 21.5. The zero-order valence-corrected chi connectivity index (χ0v) is 18.0. The Morgan fingerprint density at radius 3 is 2.55 bits per heavy atom. The van der Waals surface area contributed by atoms with E-state index in [1.54, 1.807) is 7.11 Å². The molecule has 2 heterocycles. The van der Waals surface area contributed by atoms with Crippen LogP contribution in [0.1, 0.15) is 36.6 Å². The maximum Gasteiger partial charge on any atom is 0.220 e. The van der Waals surface area contributed by atoms with Crippen molar-refractivity contribution in [2.24, 2.45) is 0 Å². The van der Waals surface area contributed by atoms with Gasteiger partial charge in [-0.05, 0) is 44.1 Å². The average Bonchev–Trinajstić information content (AvgIpc) is 3.51. The second-order valence-electron chi connectivity index (χ2n) is 7.94. The third-order valence-electron chi connectivity index (χ3n) is 5.89. The molecule has 4 rings (SSSR count). The van der Waals surface area contributed by atoms with Crippen LogP contribution in [0.5, 0.6) is 5.75 Å². The molecule has 5 nitrogen and oxygen atoms in total. The minimum absolute atomic E-state index is 0.0387. The highest BCUT2D eigenvalue weighted by Crippen LogP contribution is 2.31. The zero-order valence-electron chi connectivity index (χ0n) is 18.0. The first kappa shape index (κ1) is 21.2. The molecule has 1 aliphatic rings. The Morgan fingerprint density at radius 1 is 1.03 bits per heavy atom. The number of hydrogen-bond acceptors (Lipinski definition) is 4. The molecule has 5 heteroatoms. The summed E-state index contributed by atoms with van der Waals surface area (Å²) in [7, 11) is 1.70. The number of aryl methyl sites for hydroxylation is 1. The van der Waals surface area contributed by atoms with Gasteiger partial charge in [0.2, 0.25) is 5.91 Å². The van der Waals surface area contributed by atoms with Gasteiger partial charge in [-0.2, -0.15) is 0 Å². The van der Waals surface area contributed by atoms with Crippen LogP contribution in [0.4, 0.5) is 0 Å². The van der Waals surface area contributed by atoms with Crippen molar-refractivity contribution in [3.63, 3.8) is 0 Å².